The normalized spacial score (nSPS) is 11.0. The molecule has 0 atom stereocenters. The van der Waals surface area contributed by atoms with Gasteiger partial charge in [0, 0.05) is 5.56 Å². The van der Waals surface area contributed by atoms with Crippen LogP contribution < -0.4 is 0 Å². The Labute approximate surface area is 94.0 Å². The quantitative estimate of drug-likeness (QED) is 0.575. The summed E-state index contributed by atoms with van der Waals surface area (Å²) in [7, 11) is 0. The molecule has 1 rings (SSSR count). The first-order valence-corrected chi connectivity index (χ1v) is 4.97. The third-order valence-electron chi connectivity index (χ3n) is 1.86. The van der Waals surface area contributed by atoms with Crippen LogP contribution in [0.15, 0.2) is 35.3 Å². The third-order valence-corrected chi connectivity index (χ3v) is 1.86. The maximum atomic E-state index is 11.6. The fourth-order valence-electron chi connectivity index (χ4n) is 1.08. The van der Waals surface area contributed by atoms with E-state index in [4.69, 9.17) is 4.74 Å². The van der Waals surface area contributed by atoms with E-state index in [1.165, 1.54) is 6.92 Å². The number of carbonyl (C=O) groups excluding carboxylic acids is 2. The van der Waals surface area contributed by atoms with Crippen LogP contribution in [-0.4, -0.2) is 24.2 Å². The first-order valence-electron chi connectivity index (χ1n) is 4.97. The fraction of sp³-hybridized carbons (Fsp3) is 0.250. The zero-order chi connectivity index (χ0) is 12.0. The monoisotopic (exact) mass is 219 g/mol. The van der Waals surface area contributed by atoms with Gasteiger partial charge < -0.3 is 4.74 Å². The molecular weight excluding hydrogens is 206 g/mol. The number of amides is 1. The standard InChI is InChI=1S/C12H13NO3/c1-3-16-12(15)9(2)13-11(14)10-7-5-4-6-8-10/h4-8H,3H2,1-2H3. The minimum absolute atomic E-state index is 0.0655. The van der Waals surface area contributed by atoms with Crippen molar-refractivity contribution in [3.63, 3.8) is 0 Å². The van der Waals surface area contributed by atoms with Crippen LogP contribution in [-0.2, 0) is 9.53 Å². The average Bonchev–Trinajstić information content (AvgIpc) is 2.30. The van der Waals surface area contributed by atoms with Gasteiger partial charge in [0.15, 0.2) is 0 Å². The summed E-state index contributed by atoms with van der Waals surface area (Å²) in [5.41, 5.74) is 0.516. The number of ether oxygens (including phenoxy) is 1. The predicted molar refractivity (Wildman–Crippen MR) is 60.5 cm³/mol. The molecule has 0 unspecified atom stereocenters. The smallest absolute Gasteiger partial charge is 0.352 e. The van der Waals surface area contributed by atoms with E-state index in [1.54, 1.807) is 37.3 Å². The van der Waals surface area contributed by atoms with Crippen molar-refractivity contribution < 1.29 is 14.3 Å². The molecule has 0 N–H and O–H groups in total. The zero-order valence-corrected chi connectivity index (χ0v) is 9.27. The Bertz CT molecular complexity index is 410. The lowest BCUT2D eigenvalue weighted by atomic mass is 10.2. The Hall–Kier alpha value is -1.97. The average molecular weight is 219 g/mol. The first-order chi connectivity index (χ1) is 7.65. The van der Waals surface area contributed by atoms with Crippen LogP contribution in [0.25, 0.3) is 0 Å². The van der Waals surface area contributed by atoms with Gasteiger partial charge in [-0.25, -0.2) is 9.79 Å². The molecule has 1 amide bonds. The zero-order valence-electron chi connectivity index (χ0n) is 9.27. The van der Waals surface area contributed by atoms with Crippen LogP contribution in [0.2, 0.25) is 0 Å². The van der Waals surface area contributed by atoms with Crippen LogP contribution in [0.5, 0.6) is 0 Å². The molecular formula is C12H13NO3. The molecule has 0 aromatic heterocycles. The molecule has 4 nitrogen and oxygen atoms in total. The van der Waals surface area contributed by atoms with Gasteiger partial charge in [0.25, 0.3) is 5.91 Å². The third kappa shape index (κ3) is 3.31. The second-order valence-electron chi connectivity index (χ2n) is 3.09. The van der Waals surface area contributed by atoms with Gasteiger partial charge in [-0.1, -0.05) is 18.2 Å². The second kappa shape index (κ2) is 5.80. The largest absolute Gasteiger partial charge is 0.462 e. The number of rotatable bonds is 3. The molecule has 0 radical (unpaired) electrons. The number of aliphatic imine (C=N–C) groups is 1. The van der Waals surface area contributed by atoms with E-state index >= 15 is 0 Å². The molecule has 1 aromatic carbocycles. The van der Waals surface area contributed by atoms with Crippen molar-refractivity contribution in [3.05, 3.63) is 35.9 Å². The van der Waals surface area contributed by atoms with Gasteiger partial charge in [-0.05, 0) is 26.0 Å². The molecule has 16 heavy (non-hydrogen) atoms. The highest BCUT2D eigenvalue weighted by Crippen LogP contribution is 2.01. The van der Waals surface area contributed by atoms with Crippen molar-refractivity contribution in [2.24, 2.45) is 4.99 Å². The summed E-state index contributed by atoms with van der Waals surface area (Å²) >= 11 is 0. The maximum absolute atomic E-state index is 11.6. The van der Waals surface area contributed by atoms with E-state index in [9.17, 15) is 9.59 Å². The SMILES string of the molecule is CCOC(=O)C(C)=NC(=O)c1ccccc1. The lowest BCUT2D eigenvalue weighted by Gasteiger charge is -2.00. The molecule has 0 saturated heterocycles. The van der Waals surface area contributed by atoms with Gasteiger partial charge in [-0.3, -0.25) is 4.79 Å². The van der Waals surface area contributed by atoms with E-state index in [-0.39, 0.29) is 12.3 Å². The van der Waals surface area contributed by atoms with Crippen molar-refractivity contribution in [2.45, 2.75) is 13.8 Å². The van der Waals surface area contributed by atoms with Gasteiger partial charge in [0.1, 0.15) is 5.71 Å². The number of benzene rings is 1. The lowest BCUT2D eigenvalue weighted by molar-refractivity contribution is -0.135. The van der Waals surface area contributed by atoms with Crippen LogP contribution in [0.1, 0.15) is 24.2 Å². The molecule has 0 aliphatic heterocycles. The summed E-state index contributed by atoms with van der Waals surface area (Å²) in [4.78, 5) is 26.4. The molecule has 4 heteroatoms. The summed E-state index contributed by atoms with van der Waals surface area (Å²) < 4.78 is 4.72. The van der Waals surface area contributed by atoms with Crippen molar-refractivity contribution in [2.75, 3.05) is 6.61 Å². The van der Waals surface area contributed by atoms with E-state index < -0.39 is 11.9 Å². The topological polar surface area (TPSA) is 55.7 Å². The summed E-state index contributed by atoms with van der Waals surface area (Å²) in [5.74, 6) is -1.00. The molecule has 0 aliphatic carbocycles. The van der Waals surface area contributed by atoms with Crippen molar-refractivity contribution in [3.8, 4) is 0 Å². The van der Waals surface area contributed by atoms with E-state index in [0.29, 0.717) is 5.56 Å². The summed E-state index contributed by atoms with van der Waals surface area (Å²) in [6.07, 6.45) is 0. The highest BCUT2D eigenvalue weighted by molar-refractivity contribution is 6.37. The highest BCUT2D eigenvalue weighted by atomic mass is 16.5. The van der Waals surface area contributed by atoms with Crippen LogP contribution in [0.3, 0.4) is 0 Å². The Morgan fingerprint density at radius 1 is 1.25 bits per heavy atom. The molecule has 0 saturated carbocycles. The number of hydrogen-bond acceptors (Lipinski definition) is 3. The number of esters is 1. The Morgan fingerprint density at radius 3 is 2.44 bits per heavy atom. The second-order valence-corrected chi connectivity index (χ2v) is 3.09. The van der Waals surface area contributed by atoms with E-state index in [1.807, 2.05) is 0 Å². The maximum Gasteiger partial charge on any atom is 0.352 e. The molecule has 0 heterocycles. The molecule has 0 fully saturated rings. The van der Waals surface area contributed by atoms with Crippen molar-refractivity contribution in [1.82, 2.24) is 0 Å². The minimum atomic E-state index is -0.563. The van der Waals surface area contributed by atoms with Gasteiger partial charge in [-0.15, -0.1) is 0 Å². The molecule has 0 aliphatic rings. The molecule has 1 aromatic rings. The summed E-state index contributed by atoms with van der Waals surface area (Å²) in [6, 6.07) is 8.57. The summed E-state index contributed by atoms with van der Waals surface area (Å²) in [5, 5.41) is 0. The van der Waals surface area contributed by atoms with E-state index in [2.05, 4.69) is 4.99 Å². The molecule has 84 valence electrons. The van der Waals surface area contributed by atoms with Gasteiger partial charge in [0.05, 0.1) is 6.61 Å². The van der Waals surface area contributed by atoms with Crippen molar-refractivity contribution >= 4 is 17.6 Å². The van der Waals surface area contributed by atoms with Crippen molar-refractivity contribution in [1.29, 1.82) is 0 Å². The Balaban J connectivity index is 2.77. The molecule has 0 bridgehead atoms. The number of carbonyl (C=O) groups is 2. The van der Waals surface area contributed by atoms with Gasteiger partial charge in [-0.2, -0.15) is 0 Å². The van der Waals surface area contributed by atoms with Crippen LogP contribution >= 0.6 is 0 Å². The van der Waals surface area contributed by atoms with Gasteiger partial charge in [0.2, 0.25) is 0 Å². The highest BCUT2D eigenvalue weighted by Gasteiger charge is 2.10. The van der Waals surface area contributed by atoms with Crippen LogP contribution in [0.4, 0.5) is 0 Å². The molecule has 0 spiro atoms. The first kappa shape index (κ1) is 12.1. The fourth-order valence-corrected chi connectivity index (χ4v) is 1.08. The number of hydrogen-bond donors (Lipinski definition) is 0. The number of nitrogens with zero attached hydrogens (tertiary/aromatic N) is 1. The predicted octanol–water partition coefficient (Wildman–Crippen LogP) is 1.85. The van der Waals surface area contributed by atoms with E-state index in [0.717, 1.165) is 0 Å². The summed E-state index contributed by atoms with van der Waals surface area (Å²) in [6.45, 7) is 3.42. The Kier molecular flexibility index (Phi) is 4.39. The minimum Gasteiger partial charge on any atom is -0.462 e. The Morgan fingerprint density at radius 2 is 1.88 bits per heavy atom. The van der Waals surface area contributed by atoms with Gasteiger partial charge >= 0.3 is 5.97 Å². The van der Waals surface area contributed by atoms with Crippen LogP contribution in [0, 0.1) is 0 Å². The lowest BCUT2D eigenvalue weighted by Crippen LogP contribution is -2.15.